The second-order valence-corrected chi connectivity index (χ2v) is 5.93. The molecule has 0 aliphatic heterocycles. The molecule has 2 nitrogen and oxygen atoms in total. The second kappa shape index (κ2) is 6.97. The molecule has 0 aromatic rings. The second-order valence-electron chi connectivity index (χ2n) is 3.49. The molecule has 0 atom stereocenters. The maximum atomic E-state index is 4.44. The molecule has 0 aromatic carbocycles. The third-order valence-electron chi connectivity index (χ3n) is 0.995. The van der Waals surface area contributed by atoms with Crippen LogP contribution in [0.1, 0.15) is 27.7 Å². The van der Waals surface area contributed by atoms with Gasteiger partial charge in [-0.05, 0) is 0 Å². The minimum atomic E-state index is -0.647. The summed E-state index contributed by atoms with van der Waals surface area (Å²) in [5, 5.41) is 0. The molecule has 0 N–H and O–H groups in total. The van der Waals surface area contributed by atoms with Gasteiger partial charge in [-0.2, -0.15) is 0 Å². The van der Waals surface area contributed by atoms with Crippen LogP contribution in [0.15, 0.2) is 6.99 Å². The van der Waals surface area contributed by atoms with Gasteiger partial charge in [0, 0.05) is 0 Å². The first kappa shape index (κ1) is 11.3. The Hall–Kier alpha value is 0.288. The first-order valence-corrected chi connectivity index (χ1v) is 6.75. The predicted molar refractivity (Wildman–Crippen MR) is 44.3 cm³/mol. The number of rotatable bonds is 4. The molecule has 66 valence electrons. The van der Waals surface area contributed by atoms with Crippen molar-refractivity contribution in [1.82, 2.24) is 0 Å². The summed E-state index contributed by atoms with van der Waals surface area (Å²) in [4.78, 5) is 0. The molecular formula is C8H18N2W. The molecule has 0 spiro atoms. The van der Waals surface area contributed by atoms with Crippen LogP contribution in [0.2, 0.25) is 0 Å². The summed E-state index contributed by atoms with van der Waals surface area (Å²) in [6, 6.07) is 0. The first-order chi connectivity index (χ1) is 5.13. The van der Waals surface area contributed by atoms with Crippen LogP contribution in [0.25, 0.3) is 0 Å². The molecule has 0 saturated carbocycles. The van der Waals surface area contributed by atoms with E-state index < -0.39 is 18.2 Å². The van der Waals surface area contributed by atoms with Gasteiger partial charge in [0.1, 0.15) is 0 Å². The molecular weight excluding hydrogens is 308 g/mol. The van der Waals surface area contributed by atoms with Crippen LogP contribution < -0.4 is 0 Å². The Morgan fingerprint density at radius 1 is 0.909 bits per heavy atom. The van der Waals surface area contributed by atoms with Crippen molar-refractivity contribution >= 4 is 0 Å². The fourth-order valence-corrected chi connectivity index (χ4v) is 3.32. The van der Waals surface area contributed by atoms with Crippen molar-refractivity contribution in [3.05, 3.63) is 0 Å². The maximum absolute atomic E-state index is 4.44. The predicted octanol–water partition coefficient (Wildman–Crippen LogP) is 2.75. The van der Waals surface area contributed by atoms with E-state index in [0.29, 0.717) is 11.8 Å². The molecule has 0 aromatic heterocycles. The summed E-state index contributed by atoms with van der Waals surface area (Å²) >= 11 is -0.647. The van der Waals surface area contributed by atoms with Crippen LogP contribution in [0.3, 0.4) is 0 Å². The quantitative estimate of drug-likeness (QED) is 0.759. The van der Waals surface area contributed by atoms with Gasteiger partial charge in [-0.15, -0.1) is 0 Å². The molecule has 0 amide bonds. The van der Waals surface area contributed by atoms with Crippen LogP contribution in [0.5, 0.6) is 0 Å². The van der Waals surface area contributed by atoms with Gasteiger partial charge in [-0.25, -0.2) is 0 Å². The van der Waals surface area contributed by atoms with Gasteiger partial charge in [0.2, 0.25) is 0 Å². The number of hydrogen-bond acceptors (Lipinski definition) is 2. The van der Waals surface area contributed by atoms with E-state index in [-0.39, 0.29) is 0 Å². The molecule has 0 aliphatic carbocycles. The SMILES string of the molecule is CC(C)C[N]=[W]=[N]CC(C)C. The fourth-order valence-electron chi connectivity index (χ4n) is 0.406. The minimum absolute atomic E-state index is 0.647. The van der Waals surface area contributed by atoms with E-state index in [2.05, 4.69) is 34.7 Å². The van der Waals surface area contributed by atoms with Crippen molar-refractivity contribution in [1.29, 1.82) is 0 Å². The summed E-state index contributed by atoms with van der Waals surface area (Å²) in [6.45, 7) is 10.8. The third kappa shape index (κ3) is 10.3. The molecule has 0 fully saturated rings. The average Bonchev–Trinajstić information content (AvgIpc) is 1.85. The Labute approximate surface area is 78.0 Å². The van der Waals surface area contributed by atoms with Crippen molar-refractivity contribution in [3.8, 4) is 0 Å². The van der Waals surface area contributed by atoms with Crippen LogP contribution in [-0.2, 0) is 18.2 Å². The molecule has 11 heavy (non-hydrogen) atoms. The summed E-state index contributed by atoms with van der Waals surface area (Å²) in [5.74, 6) is 1.42. The summed E-state index contributed by atoms with van der Waals surface area (Å²) in [7, 11) is 0. The van der Waals surface area contributed by atoms with Gasteiger partial charge in [0.15, 0.2) is 0 Å². The molecule has 0 bridgehead atoms. The zero-order chi connectivity index (χ0) is 8.69. The topological polar surface area (TPSA) is 24.7 Å². The number of hydrogen-bond donors (Lipinski definition) is 0. The van der Waals surface area contributed by atoms with E-state index >= 15 is 0 Å². The van der Waals surface area contributed by atoms with E-state index in [1.54, 1.807) is 0 Å². The van der Waals surface area contributed by atoms with Crippen LogP contribution in [0.4, 0.5) is 0 Å². The van der Waals surface area contributed by atoms with Crippen molar-refractivity contribution < 1.29 is 18.2 Å². The zero-order valence-electron chi connectivity index (χ0n) is 7.87. The van der Waals surface area contributed by atoms with Crippen molar-refractivity contribution in [2.24, 2.45) is 18.8 Å². The van der Waals surface area contributed by atoms with E-state index in [4.69, 9.17) is 0 Å². The Balaban J connectivity index is 3.47. The normalized spacial score (nSPS) is 10.4. The Kier molecular flexibility index (Phi) is 7.15. The molecule has 0 rings (SSSR count). The van der Waals surface area contributed by atoms with Gasteiger partial charge in [-0.1, -0.05) is 0 Å². The Morgan fingerprint density at radius 2 is 1.27 bits per heavy atom. The first-order valence-electron chi connectivity index (χ1n) is 4.12. The number of nitrogens with zero attached hydrogens (tertiary/aromatic N) is 2. The molecule has 0 heterocycles. The Morgan fingerprint density at radius 3 is 1.55 bits per heavy atom. The van der Waals surface area contributed by atoms with Crippen LogP contribution >= 0.6 is 0 Å². The summed E-state index contributed by atoms with van der Waals surface area (Å²) < 4.78 is 8.89. The molecule has 0 aliphatic rings. The van der Waals surface area contributed by atoms with Gasteiger partial charge < -0.3 is 0 Å². The van der Waals surface area contributed by atoms with Crippen molar-refractivity contribution in [3.63, 3.8) is 0 Å². The fraction of sp³-hybridized carbons (Fsp3) is 1.00. The third-order valence-corrected chi connectivity index (χ3v) is 2.90. The van der Waals surface area contributed by atoms with E-state index in [9.17, 15) is 0 Å². The molecule has 3 heteroatoms. The van der Waals surface area contributed by atoms with Gasteiger partial charge in [0.05, 0.1) is 0 Å². The van der Waals surface area contributed by atoms with Gasteiger partial charge in [0.25, 0.3) is 0 Å². The average molecular weight is 326 g/mol. The van der Waals surface area contributed by atoms with Gasteiger partial charge in [-0.3, -0.25) is 0 Å². The van der Waals surface area contributed by atoms with Gasteiger partial charge >= 0.3 is 77.8 Å². The van der Waals surface area contributed by atoms with Crippen LogP contribution in [-0.4, -0.2) is 13.1 Å². The van der Waals surface area contributed by atoms with E-state index in [1.807, 2.05) is 0 Å². The van der Waals surface area contributed by atoms with Crippen LogP contribution in [0, 0.1) is 11.8 Å². The molecule has 0 unspecified atom stereocenters. The summed E-state index contributed by atoms with van der Waals surface area (Å²) in [6.07, 6.45) is 0. The Bertz CT molecular complexity index is 132. The van der Waals surface area contributed by atoms with Crippen molar-refractivity contribution in [2.75, 3.05) is 13.1 Å². The monoisotopic (exact) mass is 326 g/mol. The molecule has 0 radical (unpaired) electrons. The van der Waals surface area contributed by atoms with E-state index in [0.717, 1.165) is 13.1 Å². The summed E-state index contributed by atoms with van der Waals surface area (Å²) in [5.41, 5.74) is 0. The standard InChI is InChI=1S/2C4H9N.W/c2*1-4(2)3-5;/h2*4H,3H2,1-2H3;. The molecule has 0 saturated heterocycles. The van der Waals surface area contributed by atoms with E-state index in [1.165, 1.54) is 0 Å². The van der Waals surface area contributed by atoms with Crippen molar-refractivity contribution in [2.45, 2.75) is 27.7 Å². The zero-order valence-corrected chi connectivity index (χ0v) is 10.8.